The van der Waals surface area contributed by atoms with Crippen molar-refractivity contribution in [3.63, 3.8) is 0 Å². The van der Waals surface area contributed by atoms with Crippen molar-refractivity contribution in [1.29, 1.82) is 0 Å². The number of aromatic nitrogens is 2. The average Bonchev–Trinajstić information content (AvgIpc) is 3.43. The van der Waals surface area contributed by atoms with Crippen LogP contribution in [-0.2, 0) is 0 Å². The lowest BCUT2D eigenvalue weighted by Crippen LogP contribution is -2.30. The quantitative estimate of drug-likeness (QED) is 0.669. The third-order valence-corrected chi connectivity index (χ3v) is 5.86. The van der Waals surface area contributed by atoms with Crippen LogP contribution in [0.2, 0.25) is 0 Å². The molecule has 7 nitrogen and oxygen atoms in total. The number of hydrogen-bond acceptors (Lipinski definition) is 6. The second-order valence-corrected chi connectivity index (χ2v) is 7.81. The molecule has 0 aliphatic carbocycles. The van der Waals surface area contributed by atoms with E-state index in [1.807, 2.05) is 0 Å². The molecule has 30 heavy (non-hydrogen) atoms. The van der Waals surface area contributed by atoms with E-state index in [4.69, 9.17) is 4.74 Å². The monoisotopic (exact) mass is 426 g/mol. The number of nitrogens with zero attached hydrogens (tertiary/aromatic N) is 3. The number of carbonyl (C=O) groups is 2. The average molecular weight is 426 g/mol. The summed E-state index contributed by atoms with van der Waals surface area (Å²) in [5.74, 6) is -0.405. The summed E-state index contributed by atoms with van der Waals surface area (Å²) in [6, 6.07) is 12.4. The molecule has 1 fully saturated rings. The first-order valence-electron chi connectivity index (χ1n) is 9.40. The molecule has 2 aromatic carbocycles. The van der Waals surface area contributed by atoms with Gasteiger partial charge in [-0.25, -0.2) is 4.39 Å². The Balaban J connectivity index is 1.50. The van der Waals surface area contributed by atoms with Gasteiger partial charge in [0.1, 0.15) is 16.6 Å². The normalized spacial score (nSPS) is 15.8. The van der Waals surface area contributed by atoms with Gasteiger partial charge < -0.3 is 15.0 Å². The van der Waals surface area contributed by atoms with Crippen LogP contribution >= 0.6 is 11.3 Å². The van der Waals surface area contributed by atoms with Gasteiger partial charge in [0.05, 0.1) is 13.2 Å². The van der Waals surface area contributed by atoms with E-state index in [0.717, 1.165) is 24.2 Å². The Morgan fingerprint density at radius 2 is 2.03 bits per heavy atom. The Morgan fingerprint density at radius 1 is 1.20 bits per heavy atom. The lowest BCUT2D eigenvalue weighted by molar-refractivity contribution is 0.0734. The minimum Gasteiger partial charge on any atom is -0.497 e. The molecule has 0 radical (unpaired) electrons. The van der Waals surface area contributed by atoms with Gasteiger partial charge in [-0.1, -0.05) is 23.5 Å². The molecule has 1 saturated heterocycles. The first-order valence-corrected chi connectivity index (χ1v) is 10.2. The maximum Gasteiger partial charge on any atom is 0.286 e. The van der Waals surface area contributed by atoms with Gasteiger partial charge in [0.2, 0.25) is 5.01 Å². The van der Waals surface area contributed by atoms with E-state index < -0.39 is 11.7 Å². The van der Waals surface area contributed by atoms with Crippen LogP contribution in [0.3, 0.4) is 0 Å². The number of benzene rings is 2. The van der Waals surface area contributed by atoms with E-state index in [-0.39, 0.29) is 17.0 Å². The zero-order valence-electron chi connectivity index (χ0n) is 16.2. The molecule has 9 heteroatoms. The summed E-state index contributed by atoms with van der Waals surface area (Å²) in [4.78, 5) is 27.2. The predicted octanol–water partition coefficient (Wildman–Crippen LogP) is 3.92. The Hall–Kier alpha value is -3.33. The van der Waals surface area contributed by atoms with E-state index in [1.54, 1.807) is 42.3 Å². The lowest BCUT2D eigenvalue weighted by atomic mass is 10.1. The van der Waals surface area contributed by atoms with Gasteiger partial charge in [-0.3, -0.25) is 9.59 Å². The molecule has 154 valence electrons. The molecule has 3 aromatic rings. The number of halogens is 1. The highest BCUT2D eigenvalue weighted by molar-refractivity contribution is 7.13. The van der Waals surface area contributed by atoms with Crippen molar-refractivity contribution in [3.05, 3.63) is 69.9 Å². The standard InChI is InChI=1S/C21H19FN4O3S/c1-29-16-8-2-5-13(11-16)21(28)26-10-4-9-17(26)19-24-25-20(30-19)18(27)23-15-7-3-6-14(22)12-15/h2-3,5-8,11-12,17H,4,9-10H2,1H3,(H,23,27). The number of carbonyl (C=O) groups excluding carboxylic acids is 2. The molecule has 1 aromatic heterocycles. The first-order chi connectivity index (χ1) is 14.5. The van der Waals surface area contributed by atoms with E-state index in [0.29, 0.717) is 28.6 Å². The summed E-state index contributed by atoms with van der Waals surface area (Å²) in [6.07, 6.45) is 1.58. The first kappa shape index (κ1) is 20.0. The summed E-state index contributed by atoms with van der Waals surface area (Å²) in [6.45, 7) is 0.602. The number of ether oxygens (including phenoxy) is 1. The van der Waals surface area contributed by atoms with E-state index in [9.17, 15) is 14.0 Å². The maximum absolute atomic E-state index is 13.3. The van der Waals surface area contributed by atoms with Crippen LogP contribution in [0.25, 0.3) is 0 Å². The van der Waals surface area contributed by atoms with Crippen LogP contribution in [0, 0.1) is 5.82 Å². The Bertz CT molecular complexity index is 1090. The molecule has 4 rings (SSSR count). The topological polar surface area (TPSA) is 84.4 Å². The van der Waals surface area contributed by atoms with E-state index >= 15 is 0 Å². The Labute approximate surface area is 176 Å². The number of methoxy groups -OCH3 is 1. The number of hydrogen-bond donors (Lipinski definition) is 1. The van der Waals surface area contributed by atoms with Crippen LogP contribution in [0.5, 0.6) is 5.75 Å². The van der Waals surface area contributed by atoms with Gasteiger partial charge in [0.25, 0.3) is 11.8 Å². The third-order valence-electron chi connectivity index (χ3n) is 4.83. The minimum absolute atomic E-state index is 0.114. The Kier molecular flexibility index (Phi) is 5.71. The van der Waals surface area contributed by atoms with Crippen molar-refractivity contribution < 1.29 is 18.7 Å². The second-order valence-electron chi connectivity index (χ2n) is 6.80. The highest BCUT2D eigenvalue weighted by Crippen LogP contribution is 2.35. The van der Waals surface area contributed by atoms with Crippen molar-refractivity contribution in [2.75, 3.05) is 19.0 Å². The van der Waals surface area contributed by atoms with E-state index in [2.05, 4.69) is 15.5 Å². The zero-order valence-corrected chi connectivity index (χ0v) is 17.0. The molecule has 1 N–H and O–H groups in total. The molecule has 2 heterocycles. The van der Waals surface area contributed by atoms with Gasteiger partial charge in [-0.15, -0.1) is 10.2 Å². The maximum atomic E-state index is 13.3. The lowest BCUT2D eigenvalue weighted by Gasteiger charge is -2.23. The van der Waals surface area contributed by atoms with Crippen LogP contribution in [0.15, 0.2) is 48.5 Å². The zero-order chi connectivity index (χ0) is 21.1. The molecule has 1 unspecified atom stereocenters. The number of nitrogens with one attached hydrogen (secondary N) is 1. The molecule has 1 atom stereocenters. The van der Waals surface area contributed by atoms with E-state index in [1.165, 1.54) is 18.2 Å². The minimum atomic E-state index is -0.465. The predicted molar refractivity (Wildman–Crippen MR) is 110 cm³/mol. The summed E-state index contributed by atoms with van der Waals surface area (Å²) >= 11 is 1.14. The van der Waals surface area contributed by atoms with Crippen LogP contribution in [-0.4, -0.2) is 40.6 Å². The van der Waals surface area contributed by atoms with Crippen molar-refractivity contribution in [3.8, 4) is 5.75 Å². The number of rotatable bonds is 5. The number of anilines is 1. The molecular formula is C21H19FN4O3S. The fourth-order valence-electron chi connectivity index (χ4n) is 3.40. The van der Waals surface area contributed by atoms with Crippen LogP contribution < -0.4 is 10.1 Å². The molecule has 2 amide bonds. The molecule has 1 aliphatic heterocycles. The number of likely N-dealkylation sites (tertiary alicyclic amines) is 1. The fraction of sp³-hybridized carbons (Fsp3) is 0.238. The highest BCUT2D eigenvalue weighted by atomic mass is 32.1. The van der Waals surface area contributed by atoms with Gasteiger partial charge in [0.15, 0.2) is 0 Å². The van der Waals surface area contributed by atoms with Gasteiger partial charge in [0, 0.05) is 17.8 Å². The van der Waals surface area contributed by atoms with Gasteiger partial charge >= 0.3 is 0 Å². The van der Waals surface area contributed by atoms with Crippen molar-refractivity contribution in [2.24, 2.45) is 0 Å². The molecule has 0 saturated carbocycles. The summed E-state index contributed by atoms with van der Waals surface area (Å²) < 4.78 is 18.5. The van der Waals surface area contributed by atoms with Gasteiger partial charge in [-0.05, 0) is 49.2 Å². The summed E-state index contributed by atoms with van der Waals surface area (Å²) in [5.41, 5.74) is 0.877. The molecule has 0 bridgehead atoms. The Morgan fingerprint density at radius 3 is 2.83 bits per heavy atom. The number of amides is 2. The SMILES string of the molecule is COc1cccc(C(=O)N2CCCC2c2nnc(C(=O)Nc3cccc(F)c3)s2)c1. The van der Waals surface area contributed by atoms with Crippen LogP contribution in [0.4, 0.5) is 10.1 Å². The van der Waals surface area contributed by atoms with Crippen molar-refractivity contribution in [1.82, 2.24) is 15.1 Å². The molecular weight excluding hydrogens is 407 g/mol. The molecule has 0 spiro atoms. The van der Waals surface area contributed by atoms with Gasteiger partial charge in [-0.2, -0.15) is 0 Å². The highest BCUT2D eigenvalue weighted by Gasteiger charge is 2.33. The second kappa shape index (κ2) is 8.58. The van der Waals surface area contributed by atoms with Crippen molar-refractivity contribution in [2.45, 2.75) is 18.9 Å². The summed E-state index contributed by atoms with van der Waals surface area (Å²) in [5, 5.41) is 11.5. The third kappa shape index (κ3) is 4.16. The molecule has 1 aliphatic rings. The van der Waals surface area contributed by atoms with Crippen molar-refractivity contribution >= 4 is 28.8 Å². The largest absolute Gasteiger partial charge is 0.497 e. The summed E-state index contributed by atoms with van der Waals surface area (Å²) in [7, 11) is 1.56. The fourth-order valence-corrected chi connectivity index (χ4v) is 4.29. The van der Waals surface area contributed by atoms with Crippen LogP contribution in [0.1, 0.15) is 44.1 Å². The smallest absolute Gasteiger partial charge is 0.286 e.